The second-order valence-corrected chi connectivity index (χ2v) is 3.68. The molecule has 1 aromatic carbocycles. The third-order valence-corrected chi connectivity index (χ3v) is 2.67. The van der Waals surface area contributed by atoms with Crippen LogP contribution in [-0.4, -0.2) is 4.98 Å². The van der Waals surface area contributed by atoms with Gasteiger partial charge in [-0.3, -0.25) is 0 Å². The Labute approximate surface area is 81.0 Å². The summed E-state index contributed by atoms with van der Waals surface area (Å²) >= 11 is 0. The maximum atomic E-state index is 8.99. The van der Waals surface area contributed by atoms with Gasteiger partial charge < -0.3 is 4.42 Å². The molecule has 0 spiro atoms. The van der Waals surface area contributed by atoms with Crippen LogP contribution in [0, 0.1) is 11.3 Å². The summed E-state index contributed by atoms with van der Waals surface area (Å²) in [7, 11) is 0. The first-order valence-corrected chi connectivity index (χ1v) is 4.61. The van der Waals surface area contributed by atoms with Gasteiger partial charge in [-0.15, -0.1) is 0 Å². The molecule has 0 saturated heterocycles. The lowest BCUT2D eigenvalue weighted by atomic mass is 10.1. The Morgan fingerprint density at radius 3 is 2.79 bits per heavy atom. The molecular weight excluding hydrogens is 176 g/mol. The third kappa shape index (κ3) is 0.882. The predicted molar refractivity (Wildman–Crippen MR) is 50.5 cm³/mol. The van der Waals surface area contributed by atoms with Gasteiger partial charge in [0.1, 0.15) is 10.9 Å². The van der Waals surface area contributed by atoms with Crippen LogP contribution in [0.1, 0.15) is 18.7 Å². The molecule has 0 bridgehead atoms. The first-order chi connectivity index (χ1) is 6.84. The van der Waals surface area contributed by atoms with Crippen molar-refractivity contribution in [3.8, 4) is 6.07 Å². The minimum atomic E-state index is -0.418. The largest absolute Gasteiger partial charge is 0.439 e. The molecule has 3 nitrogen and oxygen atoms in total. The minimum Gasteiger partial charge on any atom is -0.439 e. The SMILES string of the molecule is N#CC1(c2nc3ccccc3o2)CC1. The van der Waals surface area contributed by atoms with Gasteiger partial charge in [-0.2, -0.15) is 5.26 Å². The predicted octanol–water partition coefficient (Wildman–Crippen LogP) is 2.38. The van der Waals surface area contributed by atoms with Crippen LogP contribution in [0.5, 0.6) is 0 Å². The molecule has 3 heteroatoms. The summed E-state index contributed by atoms with van der Waals surface area (Å²) in [6.45, 7) is 0. The summed E-state index contributed by atoms with van der Waals surface area (Å²) in [6, 6.07) is 9.87. The number of nitrogens with zero attached hydrogens (tertiary/aromatic N) is 2. The fraction of sp³-hybridized carbons (Fsp3) is 0.273. The molecule has 0 aliphatic heterocycles. The van der Waals surface area contributed by atoms with Gasteiger partial charge in [0.25, 0.3) is 0 Å². The number of oxazole rings is 1. The molecule has 0 radical (unpaired) electrons. The molecule has 2 aromatic rings. The van der Waals surface area contributed by atoms with Crippen molar-refractivity contribution in [3.05, 3.63) is 30.2 Å². The van der Waals surface area contributed by atoms with Crippen LogP contribution in [0.2, 0.25) is 0 Å². The van der Waals surface area contributed by atoms with Gasteiger partial charge in [0, 0.05) is 0 Å². The van der Waals surface area contributed by atoms with Gasteiger partial charge in [-0.25, -0.2) is 4.98 Å². The Hall–Kier alpha value is -1.82. The Balaban J connectivity index is 2.21. The summed E-state index contributed by atoms with van der Waals surface area (Å²) in [5, 5.41) is 8.99. The van der Waals surface area contributed by atoms with Crippen LogP contribution in [0.3, 0.4) is 0 Å². The lowest BCUT2D eigenvalue weighted by molar-refractivity contribution is 0.502. The van der Waals surface area contributed by atoms with Crippen molar-refractivity contribution in [2.75, 3.05) is 0 Å². The standard InChI is InChI=1S/C11H8N2O/c12-7-11(5-6-11)10-13-8-3-1-2-4-9(8)14-10/h1-4H,5-6H2. The zero-order valence-electron chi connectivity index (χ0n) is 7.53. The lowest BCUT2D eigenvalue weighted by Crippen LogP contribution is -2.01. The number of hydrogen-bond acceptors (Lipinski definition) is 3. The zero-order chi connectivity index (χ0) is 9.60. The van der Waals surface area contributed by atoms with Gasteiger partial charge in [0.15, 0.2) is 5.58 Å². The summed E-state index contributed by atoms with van der Waals surface area (Å²) in [5.41, 5.74) is 1.19. The van der Waals surface area contributed by atoms with E-state index in [0.29, 0.717) is 5.89 Å². The molecule has 0 unspecified atom stereocenters. The number of para-hydroxylation sites is 2. The van der Waals surface area contributed by atoms with E-state index in [-0.39, 0.29) is 0 Å². The molecular formula is C11H8N2O. The first-order valence-electron chi connectivity index (χ1n) is 4.61. The van der Waals surface area contributed by atoms with Crippen molar-refractivity contribution in [2.24, 2.45) is 0 Å². The summed E-state index contributed by atoms with van der Waals surface area (Å²) in [4.78, 5) is 4.33. The Kier molecular flexibility index (Phi) is 1.27. The molecule has 0 atom stereocenters. The van der Waals surface area contributed by atoms with Crippen LogP contribution >= 0.6 is 0 Å². The fourth-order valence-electron chi connectivity index (χ4n) is 1.58. The van der Waals surface area contributed by atoms with Gasteiger partial charge in [0.05, 0.1) is 6.07 Å². The maximum Gasteiger partial charge on any atom is 0.215 e. The van der Waals surface area contributed by atoms with Crippen LogP contribution in [-0.2, 0) is 5.41 Å². The van der Waals surface area contributed by atoms with E-state index in [1.54, 1.807) is 0 Å². The third-order valence-electron chi connectivity index (χ3n) is 2.67. The van der Waals surface area contributed by atoms with Crippen molar-refractivity contribution in [1.82, 2.24) is 4.98 Å². The first kappa shape index (κ1) is 7.57. The fourth-order valence-corrected chi connectivity index (χ4v) is 1.58. The molecule has 1 fully saturated rings. The monoisotopic (exact) mass is 184 g/mol. The second-order valence-electron chi connectivity index (χ2n) is 3.68. The number of rotatable bonds is 1. The van der Waals surface area contributed by atoms with Gasteiger partial charge in [-0.05, 0) is 25.0 Å². The number of aromatic nitrogens is 1. The lowest BCUT2D eigenvalue weighted by Gasteiger charge is -1.95. The highest BCUT2D eigenvalue weighted by Gasteiger charge is 2.49. The van der Waals surface area contributed by atoms with E-state index in [1.807, 2.05) is 24.3 Å². The summed E-state index contributed by atoms with van der Waals surface area (Å²) < 4.78 is 5.55. The van der Waals surface area contributed by atoms with E-state index in [2.05, 4.69) is 11.1 Å². The maximum absolute atomic E-state index is 8.99. The smallest absolute Gasteiger partial charge is 0.215 e. The Morgan fingerprint density at radius 2 is 2.14 bits per heavy atom. The Morgan fingerprint density at radius 1 is 1.36 bits per heavy atom. The summed E-state index contributed by atoms with van der Waals surface area (Å²) in [6.07, 6.45) is 1.74. The highest BCUT2D eigenvalue weighted by molar-refractivity contribution is 5.72. The van der Waals surface area contributed by atoms with E-state index in [1.165, 1.54) is 0 Å². The van der Waals surface area contributed by atoms with Crippen LogP contribution < -0.4 is 0 Å². The number of nitriles is 1. The summed E-state index contributed by atoms with van der Waals surface area (Å²) in [5.74, 6) is 0.584. The van der Waals surface area contributed by atoms with E-state index >= 15 is 0 Å². The second kappa shape index (κ2) is 2.36. The molecule has 1 aliphatic rings. The van der Waals surface area contributed by atoms with Crippen molar-refractivity contribution >= 4 is 11.1 Å². The topological polar surface area (TPSA) is 49.8 Å². The molecule has 1 heterocycles. The van der Waals surface area contributed by atoms with E-state index in [9.17, 15) is 0 Å². The van der Waals surface area contributed by atoms with Crippen molar-refractivity contribution < 1.29 is 4.42 Å². The quantitative estimate of drug-likeness (QED) is 0.683. The molecule has 0 N–H and O–H groups in total. The number of benzene rings is 1. The van der Waals surface area contributed by atoms with E-state index in [4.69, 9.17) is 9.68 Å². The molecule has 68 valence electrons. The molecule has 1 aliphatic carbocycles. The van der Waals surface area contributed by atoms with Crippen molar-refractivity contribution in [3.63, 3.8) is 0 Å². The van der Waals surface area contributed by atoms with Crippen molar-refractivity contribution in [1.29, 1.82) is 5.26 Å². The molecule has 1 aromatic heterocycles. The highest BCUT2D eigenvalue weighted by atomic mass is 16.3. The number of fused-ring (bicyclic) bond motifs is 1. The van der Waals surface area contributed by atoms with Gasteiger partial charge in [0.2, 0.25) is 5.89 Å². The molecule has 0 amide bonds. The van der Waals surface area contributed by atoms with Crippen LogP contribution in [0.4, 0.5) is 0 Å². The number of hydrogen-bond donors (Lipinski definition) is 0. The molecule has 14 heavy (non-hydrogen) atoms. The molecule has 3 rings (SSSR count). The van der Waals surface area contributed by atoms with Gasteiger partial charge in [-0.1, -0.05) is 12.1 Å². The normalized spacial score (nSPS) is 17.9. The van der Waals surface area contributed by atoms with Crippen LogP contribution in [0.15, 0.2) is 28.7 Å². The average molecular weight is 184 g/mol. The van der Waals surface area contributed by atoms with E-state index < -0.39 is 5.41 Å². The average Bonchev–Trinajstić information content (AvgIpc) is 2.91. The minimum absolute atomic E-state index is 0.418. The zero-order valence-corrected chi connectivity index (χ0v) is 7.53. The van der Waals surface area contributed by atoms with Gasteiger partial charge >= 0.3 is 0 Å². The van der Waals surface area contributed by atoms with Crippen molar-refractivity contribution in [2.45, 2.75) is 18.3 Å². The molecule has 1 saturated carbocycles. The highest BCUT2D eigenvalue weighted by Crippen LogP contribution is 2.47. The Bertz CT molecular complexity index is 498. The van der Waals surface area contributed by atoms with Crippen LogP contribution in [0.25, 0.3) is 11.1 Å². The van der Waals surface area contributed by atoms with E-state index in [0.717, 1.165) is 23.9 Å².